The zero-order chi connectivity index (χ0) is 23.6. The van der Waals surface area contributed by atoms with Crippen LogP contribution in [0.3, 0.4) is 0 Å². The van der Waals surface area contributed by atoms with Gasteiger partial charge in [-0.05, 0) is 50.6 Å². The number of rotatable bonds is 6. The van der Waals surface area contributed by atoms with Crippen LogP contribution in [-0.2, 0) is 13.2 Å². The van der Waals surface area contributed by atoms with Crippen molar-refractivity contribution >= 4 is 17.2 Å². The maximum Gasteiger partial charge on any atom is 0.416 e. The minimum absolute atomic E-state index is 0.0744. The van der Waals surface area contributed by atoms with Crippen molar-refractivity contribution in [2.24, 2.45) is 7.05 Å². The highest BCUT2D eigenvalue weighted by molar-refractivity contribution is 7.17. The Labute approximate surface area is 185 Å². The van der Waals surface area contributed by atoms with Crippen LogP contribution in [0.5, 0.6) is 5.75 Å². The van der Waals surface area contributed by atoms with Crippen LogP contribution in [-0.4, -0.2) is 33.8 Å². The lowest BCUT2D eigenvalue weighted by Crippen LogP contribution is -2.28. The van der Waals surface area contributed by atoms with Gasteiger partial charge in [-0.15, -0.1) is 11.3 Å². The van der Waals surface area contributed by atoms with E-state index in [2.05, 4.69) is 15.4 Å². The summed E-state index contributed by atoms with van der Waals surface area (Å²) < 4.78 is 44.4. The van der Waals surface area contributed by atoms with Gasteiger partial charge in [-0.2, -0.15) is 18.3 Å². The Kier molecular flexibility index (Phi) is 6.68. The average Bonchev–Trinajstić information content (AvgIpc) is 3.11. The maximum atomic E-state index is 12.6. The lowest BCUT2D eigenvalue weighted by atomic mass is 10.1. The van der Waals surface area contributed by atoms with Crippen LogP contribution in [0, 0.1) is 20.8 Å². The first-order valence-electron chi connectivity index (χ1n) is 9.59. The third kappa shape index (κ3) is 4.98. The topological polar surface area (TPSA) is 86.1 Å². The first-order chi connectivity index (χ1) is 15.0. The van der Waals surface area contributed by atoms with Gasteiger partial charge in [0.1, 0.15) is 22.2 Å². The second-order valence-electron chi connectivity index (χ2n) is 7.07. The molecule has 32 heavy (non-hydrogen) atoms. The number of hydrogen-bond acceptors (Lipinski definition) is 6. The van der Waals surface area contributed by atoms with E-state index in [9.17, 15) is 22.8 Å². The van der Waals surface area contributed by atoms with Crippen LogP contribution < -0.4 is 15.6 Å². The first kappa shape index (κ1) is 23.5. The summed E-state index contributed by atoms with van der Waals surface area (Å²) in [7, 11) is 1.56. The highest BCUT2D eigenvalue weighted by Crippen LogP contribution is 2.30. The van der Waals surface area contributed by atoms with Gasteiger partial charge < -0.3 is 10.1 Å². The number of ether oxygens (including phenoxy) is 1. The van der Waals surface area contributed by atoms with Crippen LogP contribution >= 0.6 is 11.3 Å². The maximum absolute atomic E-state index is 12.6. The number of nitrogens with zero attached hydrogens (tertiary/aromatic N) is 3. The molecule has 3 rings (SSSR count). The number of amides is 1. The van der Waals surface area contributed by atoms with Crippen LogP contribution in [0.1, 0.15) is 32.2 Å². The van der Waals surface area contributed by atoms with Crippen molar-refractivity contribution in [2.75, 3.05) is 13.2 Å². The van der Waals surface area contributed by atoms with Crippen molar-refractivity contribution in [3.05, 3.63) is 62.0 Å². The molecule has 0 aliphatic heterocycles. The van der Waals surface area contributed by atoms with Gasteiger partial charge in [0.05, 0.1) is 29.1 Å². The van der Waals surface area contributed by atoms with Gasteiger partial charge in [0, 0.05) is 7.05 Å². The molecule has 0 aliphatic carbocycles. The Hall–Kier alpha value is -3.21. The van der Waals surface area contributed by atoms with Gasteiger partial charge >= 0.3 is 6.18 Å². The second kappa shape index (κ2) is 9.11. The normalized spacial score (nSPS) is 11.5. The molecule has 0 fully saturated rings. The number of hydrogen-bond donors (Lipinski definition) is 1. The van der Waals surface area contributed by atoms with Gasteiger partial charge in [-0.1, -0.05) is 0 Å². The molecule has 0 aliphatic rings. The molecule has 2 aromatic heterocycles. The summed E-state index contributed by atoms with van der Waals surface area (Å²) in [6.45, 7) is 5.48. The van der Waals surface area contributed by atoms with Crippen LogP contribution in [0.25, 0.3) is 10.6 Å². The fourth-order valence-corrected chi connectivity index (χ4v) is 4.04. The Morgan fingerprint density at radius 3 is 2.44 bits per heavy atom. The van der Waals surface area contributed by atoms with Crippen molar-refractivity contribution in [1.82, 2.24) is 20.1 Å². The second-order valence-corrected chi connectivity index (χ2v) is 8.07. The fraction of sp³-hybridized carbons (Fsp3) is 0.333. The smallest absolute Gasteiger partial charge is 0.416 e. The average molecular weight is 466 g/mol. The molecule has 0 radical (unpaired) electrons. The summed E-state index contributed by atoms with van der Waals surface area (Å²) in [6, 6.07) is 4.32. The number of aromatic nitrogens is 3. The van der Waals surface area contributed by atoms with E-state index in [1.165, 1.54) is 16.8 Å². The Balaban J connectivity index is 1.64. The minimum Gasteiger partial charge on any atom is -0.492 e. The summed E-state index contributed by atoms with van der Waals surface area (Å²) in [6.07, 6.45) is -4.41. The molecule has 3 aromatic rings. The molecule has 0 saturated heterocycles. The highest BCUT2D eigenvalue weighted by Gasteiger charge is 2.30. The number of nitrogens with one attached hydrogen (secondary N) is 1. The molecule has 0 saturated carbocycles. The molecule has 1 aromatic carbocycles. The molecule has 0 unspecified atom stereocenters. The number of benzene rings is 1. The summed E-state index contributed by atoms with van der Waals surface area (Å²) in [5, 5.41) is 7.28. The Morgan fingerprint density at radius 2 is 1.81 bits per heavy atom. The molecule has 1 amide bonds. The lowest BCUT2D eigenvalue weighted by molar-refractivity contribution is -0.137. The molecule has 0 bridgehead atoms. The number of halogens is 3. The number of carbonyl (C=O) groups excluding carboxylic acids is 1. The standard InChI is InChI=1S/C21H21F3N4O3S/c1-11-12(2)27-28(4)20(30)16(11)19-26-13(3)17(32-19)18(29)25-9-10-31-15-7-5-14(6-8-15)21(22,23)24/h5-8H,9-10H2,1-4H3,(H,25,29). The summed E-state index contributed by atoms with van der Waals surface area (Å²) in [4.78, 5) is 29.9. The molecule has 7 nitrogen and oxygen atoms in total. The van der Waals surface area contributed by atoms with E-state index in [-0.39, 0.29) is 30.4 Å². The molecular formula is C21H21F3N4O3S. The van der Waals surface area contributed by atoms with E-state index >= 15 is 0 Å². The summed E-state index contributed by atoms with van der Waals surface area (Å²) in [5.74, 6) is -0.106. The van der Waals surface area contributed by atoms with Gasteiger partial charge in [0.2, 0.25) is 0 Å². The predicted octanol–water partition coefficient (Wildman–Crippen LogP) is 3.66. The van der Waals surface area contributed by atoms with E-state index in [0.29, 0.717) is 32.4 Å². The van der Waals surface area contributed by atoms with Crippen LogP contribution in [0.4, 0.5) is 13.2 Å². The number of carbonyl (C=O) groups is 1. The van der Waals surface area contributed by atoms with Gasteiger partial charge in [-0.25, -0.2) is 9.67 Å². The SMILES string of the molecule is Cc1nc(-c2c(C)c(C)nn(C)c2=O)sc1C(=O)NCCOc1ccc(C(F)(F)F)cc1. The van der Waals surface area contributed by atoms with Crippen molar-refractivity contribution in [2.45, 2.75) is 26.9 Å². The molecule has 11 heteroatoms. The largest absolute Gasteiger partial charge is 0.492 e. The molecule has 1 N–H and O–H groups in total. The molecule has 0 spiro atoms. The van der Waals surface area contributed by atoms with Crippen molar-refractivity contribution in [1.29, 1.82) is 0 Å². The van der Waals surface area contributed by atoms with E-state index in [0.717, 1.165) is 23.5 Å². The number of alkyl halides is 3. The monoisotopic (exact) mass is 466 g/mol. The summed E-state index contributed by atoms with van der Waals surface area (Å²) >= 11 is 1.11. The zero-order valence-electron chi connectivity index (χ0n) is 17.8. The van der Waals surface area contributed by atoms with Crippen molar-refractivity contribution in [3.8, 4) is 16.3 Å². The predicted molar refractivity (Wildman–Crippen MR) is 114 cm³/mol. The fourth-order valence-electron chi connectivity index (χ4n) is 2.97. The lowest BCUT2D eigenvalue weighted by Gasteiger charge is -2.09. The van der Waals surface area contributed by atoms with E-state index in [1.807, 2.05) is 0 Å². The van der Waals surface area contributed by atoms with Gasteiger partial charge in [0.15, 0.2) is 0 Å². The van der Waals surface area contributed by atoms with Crippen molar-refractivity contribution in [3.63, 3.8) is 0 Å². The third-order valence-electron chi connectivity index (χ3n) is 4.78. The van der Waals surface area contributed by atoms with Gasteiger partial charge in [-0.3, -0.25) is 9.59 Å². The quantitative estimate of drug-likeness (QED) is 0.561. The molecular weight excluding hydrogens is 445 g/mol. The Bertz CT molecular complexity index is 1200. The Morgan fingerprint density at radius 1 is 1.16 bits per heavy atom. The highest BCUT2D eigenvalue weighted by atomic mass is 32.1. The van der Waals surface area contributed by atoms with Gasteiger partial charge in [0.25, 0.3) is 11.5 Å². The number of aryl methyl sites for hydroxylation is 3. The summed E-state index contributed by atoms with van der Waals surface area (Å²) in [5.41, 5.74) is 1.25. The van der Waals surface area contributed by atoms with Crippen molar-refractivity contribution < 1.29 is 22.7 Å². The number of thiazole rings is 1. The van der Waals surface area contributed by atoms with E-state index in [1.54, 1.807) is 27.8 Å². The van der Waals surface area contributed by atoms with E-state index in [4.69, 9.17) is 4.74 Å². The third-order valence-corrected chi connectivity index (χ3v) is 5.95. The van der Waals surface area contributed by atoms with E-state index < -0.39 is 11.7 Å². The molecule has 170 valence electrons. The molecule has 2 heterocycles. The zero-order valence-corrected chi connectivity index (χ0v) is 18.6. The van der Waals surface area contributed by atoms with Crippen LogP contribution in [0.2, 0.25) is 0 Å². The minimum atomic E-state index is -4.41. The molecule has 0 atom stereocenters. The van der Waals surface area contributed by atoms with Crippen LogP contribution in [0.15, 0.2) is 29.1 Å². The first-order valence-corrected chi connectivity index (χ1v) is 10.4.